The number of carbonyl (C=O) groups excluding carboxylic acids is 2. The third-order valence-electron chi connectivity index (χ3n) is 3.12. The minimum atomic E-state index is -1.04. The molecule has 0 spiro atoms. The fourth-order valence-corrected chi connectivity index (χ4v) is 1.30. The van der Waals surface area contributed by atoms with Crippen molar-refractivity contribution in [3.63, 3.8) is 0 Å². The fourth-order valence-electron chi connectivity index (χ4n) is 1.30. The minimum Gasteiger partial charge on any atom is -0.652 e. The van der Waals surface area contributed by atoms with Crippen LogP contribution in [0.3, 0.4) is 0 Å². The number of nitrogens with zero attached hydrogens (tertiary/aromatic N) is 2. The molecule has 0 radical (unpaired) electrons. The molecule has 0 rings (SSSR count). The molecular weight excluding hydrogens is 345 g/mol. The summed E-state index contributed by atoms with van der Waals surface area (Å²) in [6.45, 7) is 12.2. The molecule has 0 aliphatic heterocycles. The molecule has 1 amide bonds. The van der Waals surface area contributed by atoms with Gasteiger partial charge in [0, 0.05) is 7.05 Å². The predicted molar refractivity (Wildman–Crippen MR) is 82.5 cm³/mol. The van der Waals surface area contributed by atoms with E-state index in [0.717, 1.165) is 0 Å². The molecule has 0 unspecified atom stereocenters. The first kappa shape index (κ1) is 25.9. The summed E-state index contributed by atoms with van der Waals surface area (Å²) in [5, 5.41) is 4.05. The summed E-state index contributed by atoms with van der Waals surface area (Å²) in [6, 6.07) is 0. The average molecular weight is 375 g/mol. The van der Waals surface area contributed by atoms with Crippen LogP contribution in [0.4, 0.5) is 0 Å². The van der Waals surface area contributed by atoms with E-state index in [2.05, 4.69) is 5.32 Å². The molecule has 0 heterocycles. The Kier molecular flexibility index (Phi) is 10.6. The van der Waals surface area contributed by atoms with Crippen molar-refractivity contribution in [3.8, 4) is 0 Å². The minimum absolute atomic E-state index is 0. The molecule has 0 aliphatic carbocycles. The normalized spacial score (nSPS) is 11.9. The van der Waals surface area contributed by atoms with E-state index >= 15 is 0 Å². The van der Waals surface area contributed by atoms with Crippen molar-refractivity contribution in [2.45, 2.75) is 65.1 Å². The maximum Gasteiger partial charge on any atom is 3.00 e. The van der Waals surface area contributed by atoms with E-state index < -0.39 is 22.6 Å². The van der Waals surface area contributed by atoms with Gasteiger partial charge < -0.3 is 22.4 Å². The third-order valence-corrected chi connectivity index (χ3v) is 3.12. The Bertz CT molecular complexity index is 360. The molecule has 0 saturated heterocycles. The molecule has 0 fully saturated rings. The molecule has 21 heavy (non-hydrogen) atoms. The van der Waals surface area contributed by atoms with Gasteiger partial charge >= 0.3 is 38.7 Å². The van der Waals surface area contributed by atoms with Crippen LogP contribution in [-0.4, -0.2) is 47.6 Å². The van der Waals surface area contributed by atoms with Crippen LogP contribution in [0.2, 0.25) is 0 Å². The SMILES string of the molecule is C[N-]C(C)(C)C(=O)N(C)C(C)(C)C(=O)OC(C)(C)C.[CH3-].[Y+3]. The molecule has 0 bridgehead atoms. The first-order chi connectivity index (χ1) is 8.25. The fraction of sp³-hybridized carbons (Fsp3) is 0.800. The first-order valence-corrected chi connectivity index (χ1v) is 6.38. The largest absolute Gasteiger partial charge is 3.00 e. The molecule has 6 heteroatoms. The van der Waals surface area contributed by atoms with Crippen LogP contribution in [0, 0.1) is 7.43 Å². The number of esters is 1. The van der Waals surface area contributed by atoms with Gasteiger partial charge in [0.05, 0.1) is 0 Å². The molecule has 0 atom stereocenters. The van der Waals surface area contributed by atoms with Crippen LogP contribution < -0.4 is 0 Å². The van der Waals surface area contributed by atoms with Gasteiger partial charge in [0.25, 0.3) is 0 Å². The number of hydrogen-bond donors (Lipinski definition) is 0. The summed E-state index contributed by atoms with van der Waals surface area (Å²) in [6.07, 6.45) is 0. The molecule has 120 valence electrons. The third kappa shape index (κ3) is 7.20. The second kappa shape index (κ2) is 8.59. The molecule has 0 aliphatic rings. The van der Waals surface area contributed by atoms with Gasteiger partial charge in [0.2, 0.25) is 5.91 Å². The van der Waals surface area contributed by atoms with E-state index in [9.17, 15) is 9.59 Å². The van der Waals surface area contributed by atoms with Gasteiger partial charge in [-0.05, 0) is 40.2 Å². The van der Waals surface area contributed by atoms with Gasteiger partial charge in [0.1, 0.15) is 11.1 Å². The van der Waals surface area contributed by atoms with Crippen LogP contribution >= 0.6 is 0 Å². The monoisotopic (exact) mass is 375 g/mol. The Morgan fingerprint density at radius 1 is 1.00 bits per heavy atom. The topological polar surface area (TPSA) is 60.7 Å². The summed E-state index contributed by atoms with van der Waals surface area (Å²) in [5.41, 5.74) is -2.47. The molecule has 5 nitrogen and oxygen atoms in total. The quantitative estimate of drug-likeness (QED) is 0.561. The average Bonchev–Trinajstić information content (AvgIpc) is 2.24. The van der Waals surface area contributed by atoms with Gasteiger partial charge in [-0.15, -0.1) is 0 Å². The zero-order valence-corrected chi connectivity index (χ0v) is 18.0. The number of hydrogen-bond acceptors (Lipinski definition) is 3. The summed E-state index contributed by atoms with van der Waals surface area (Å²) < 4.78 is 5.36. The van der Waals surface area contributed by atoms with Gasteiger partial charge in [0.15, 0.2) is 0 Å². The molecule has 0 aromatic rings. The molecular formula is C15H30N2O3Y+. The number of carbonyl (C=O) groups is 2. The van der Waals surface area contributed by atoms with Gasteiger partial charge in [-0.25, -0.2) is 4.79 Å². The van der Waals surface area contributed by atoms with Crippen LogP contribution in [0.15, 0.2) is 0 Å². The van der Waals surface area contributed by atoms with E-state index in [4.69, 9.17) is 4.74 Å². The van der Waals surface area contributed by atoms with Gasteiger partial charge in [-0.2, -0.15) is 7.05 Å². The zero-order valence-electron chi connectivity index (χ0n) is 15.2. The summed E-state index contributed by atoms with van der Waals surface area (Å²) in [4.78, 5) is 25.9. The van der Waals surface area contributed by atoms with Crippen molar-refractivity contribution in [2.24, 2.45) is 0 Å². The second-order valence-corrected chi connectivity index (χ2v) is 6.71. The predicted octanol–water partition coefficient (Wildman–Crippen LogP) is 2.79. The standard InChI is InChI=1S/C14H27N2O3.CH3.Y/c1-12(2,3)19-11(18)14(6,7)16(9)10(17)13(4,5)15-8;;/h1-9H3;1H3;/q2*-1;+3. The number of ether oxygens (including phenoxy) is 1. The molecule has 0 aromatic carbocycles. The molecule has 0 aromatic heterocycles. The van der Waals surface area contributed by atoms with Crippen molar-refractivity contribution in [2.75, 3.05) is 14.1 Å². The summed E-state index contributed by atoms with van der Waals surface area (Å²) >= 11 is 0. The number of likely N-dealkylation sites (N-methyl/N-ethyl adjacent to an activating group) is 2. The first-order valence-electron chi connectivity index (χ1n) is 6.38. The van der Waals surface area contributed by atoms with E-state index in [1.165, 1.54) is 4.90 Å². The van der Waals surface area contributed by atoms with Crippen molar-refractivity contribution in [1.82, 2.24) is 4.90 Å². The Labute approximate surface area is 155 Å². The zero-order chi connectivity index (χ0) is 15.6. The van der Waals surface area contributed by atoms with E-state index in [1.54, 1.807) is 62.6 Å². The van der Waals surface area contributed by atoms with Crippen molar-refractivity contribution >= 4 is 11.9 Å². The van der Waals surface area contributed by atoms with Crippen LogP contribution in [0.1, 0.15) is 48.5 Å². The van der Waals surface area contributed by atoms with Crippen molar-refractivity contribution in [3.05, 3.63) is 12.7 Å². The van der Waals surface area contributed by atoms with E-state index in [-0.39, 0.29) is 46.0 Å². The van der Waals surface area contributed by atoms with E-state index in [0.29, 0.717) is 0 Å². The second-order valence-electron chi connectivity index (χ2n) is 6.71. The van der Waals surface area contributed by atoms with Crippen molar-refractivity contribution in [1.29, 1.82) is 0 Å². The van der Waals surface area contributed by atoms with Crippen LogP contribution in [0.5, 0.6) is 0 Å². The maximum absolute atomic E-state index is 12.3. The maximum atomic E-state index is 12.3. The van der Waals surface area contributed by atoms with Crippen molar-refractivity contribution < 1.29 is 47.0 Å². The van der Waals surface area contributed by atoms with Crippen LogP contribution in [-0.2, 0) is 47.0 Å². The summed E-state index contributed by atoms with van der Waals surface area (Å²) in [7, 11) is 3.19. The smallest absolute Gasteiger partial charge is 0.652 e. The Morgan fingerprint density at radius 3 is 1.67 bits per heavy atom. The van der Waals surface area contributed by atoms with E-state index in [1.807, 2.05) is 0 Å². The van der Waals surface area contributed by atoms with Gasteiger partial charge in [-0.3, -0.25) is 4.79 Å². The van der Waals surface area contributed by atoms with Gasteiger partial charge in [-0.1, -0.05) is 13.8 Å². The number of rotatable bonds is 4. The Morgan fingerprint density at radius 2 is 1.38 bits per heavy atom. The van der Waals surface area contributed by atoms with Crippen LogP contribution in [0.25, 0.3) is 5.32 Å². The number of amides is 1. The Balaban J connectivity index is -0.00000162. The Hall–Kier alpha value is 0.00390. The molecule has 0 N–H and O–H groups in total. The molecule has 0 saturated carbocycles. The summed E-state index contributed by atoms with van der Waals surface area (Å²) in [5.74, 6) is -0.645.